The van der Waals surface area contributed by atoms with Crippen LogP contribution in [0.2, 0.25) is 0 Å². The second kappa shape index (κ2) is 8.50. The molecule has 1 N–H and O–H groups in total. The van der Waals surface area contributed by atoms with Crippen molar-refractivity contribution in [2.75, 3.05) is 0 Å². The first-order chi connectivity index (χ1) is 13.0. The summed E-state index contributed by atoms with van der Waals surface area (Å²) in [5.74, 6) is -2.08. The van der Waals surface area contributed by atoms with Crippen molar-refractivity contribution in [1.29, 1.82) is 0 Å². The number of hydrogen-bond acceptors (Lipinski definition) is 3. The van der Waals surface area contributed by atoms with Crippen LogP contribution < -0.4 is 5.32 Å². The number of aromatic nitrogens is 1. The number of halogens is 4. The van der Waals surface area contributed by atoms with Gasteiger partial charge >= 0.3 is 6.18 Å². The number of nitrogens with one attached hydrogen (secondary N) is 1. The Morgan fingerprint density at radius 2 is 1.82 bits per heavy atom. The van der Waals surface area contributed by atoms with E-state index in [2.05, 4.69) is 10.3 Å². The van der Waals surface area contributed by atoms with Crippen molar-refractivity contribution < 1.29 is 27.2 Å². The summed E-state index contributed by atoms with van der Waals surface area (Å²) in [6.07, 6.45) is -4.73. The molecular weight excluding hydrogens is 376 g/mol. The zero-order valence-electron chi connectivity index (χ0n) is 15.7. The van der Waals surface area contributed by atoms with Gasteiger partial charge in [0.2, 0.25) is 0 Å². The molecule has 0 unspecified atom stereocenters. The molecule has 0 aliphatic heterocycles. The van der Waals surface area contributed by atoms with Gasteiger partial charge in [-0.2, -0.15) is 13.2 Å². The number of pyridine rings is 1. The topological polar surface area (TPSA) is 59.1 Å². The van der Waals surface area contributed by atoms with E-state index < -0.39 is 23.5 Å². The minimum absolute atomic E-state index is 0.0181. The molecule has 0 saturated carbocycles. The van der Waals surface area contributed by atoms with Crippen molar-refractivity contribution in [3.8, 4) is 0 Å². The number of carbonyl (C=O) groups is 2. The number of rotatable bonds is 6. The predicted molar refractivity (Wildman–Crippen MR) is 95.1 cm³/mol. The predicted octanol–water partition coefficient (Wildman–Crippen LogP) is 4.25. The SMILES string of the molecule is Cc1cc(C(=O)NCc2ccc(F)c(C(F)(F)F)c2)cc(CC(=O)C(C)C)n1. The summed E-state index contributed by atoms with van der Waals surface area (Å²) in [4.78, 5) is 28.5. The van der Waals surface area contributed by atoms with Gasteiger partial charge < -0.3 is 5.32 Å². The average molecular weight is 396 g/mol. The number of benzene rings is 1. The minimum Gasteiger partial charge on any atom is -0.348 e. The Kier molecular flexibility index (Phi) is 6.53. The third kappa shape index (κ3) is 5.61. The van der Waals surface area contributed by atoms with E-state index in [4.69, 9.17) is 0 Å². The number of alkyl halides is 3. The molecule has 0 radical (unpaired) electrons. The molecule has 2 rings (SSSR count). The fourth-order valence-electron chi connectivity index (χ4n) is 2.53. The fraction of sp³-hybridized carbons (Fsp3) is 0.350. The average Bonchev–Trinajstić information content (AvgIpc) is 2.59. The monoisotopic (exact) mass is 396 g/mol. The first-order valence-electron chi connectivity index (χ1n) is 8.61. The van der Waals surface area contributed by atoms with E-state index in [1.54, 1.807) is 20.8 Å². The number of Topliss-reactive ketones (excluding diaryl/α,β-unsaturated/α-hetero) is 1. The molecule has 0 saturated heterocycles. The molecule has 2 aromatic rings. The van der Waals surface area contributed by atoms with Crippen molar-refractivity contribution in [2.24, 2.45) is 5.92 Å². The highest BCUT2D eigenvalue weighted by Gasteiger charge is 2.34. The van der Waals surface area contributed by atoms with Gasteiger partial charge in [-0.05, 0) is 36.8 Å². The molecule has 0 bridgehead atoms. The van der Waals surface area contributed by atoms with Crippen LogP contribution in [0.3, 0.4) is 0 Å². The highest BCUT2D eigenvalue weighted by Crippen LogP contribution is 2.31. The summed E-state index contributed by atoms with van der Waals surface area (Å²) >= 11 is 0. The Bertz CT molecular complexity index is 892. The third-order valence-corrected chi connectivity index (χ3v) is 4.06. The molecule has 150 valence electrons. The summed E-state index contributed by atoms with van der Waals surface area (Å²) in [5, 5.41) is 2.50. The second-order valence-corrected chi connectivity index (χ2v) is 6.78. The van der Waals surface area contributed by atoms with Gasteiger partial charge in [0.25, 0.3) is 5.91 Å². The van der Waals surface area contributed by atoms with Crippen LogP contribution in [0.25, 0.3) is 0 Å². The summed E-state index contributed by atoms with van der Waals surface area (Å²) in [6, 6.07) is 5.56. The van der Waals surface area contributed by atoms with Crippen molar-refractivity contribution in [1.82, 2.24) is 10.3 Å². The van der Waals surface area contributed by atoms with Crippen LogP contribution in [-0.4, -0.2) is 16.7 Å². The van der Waals surface area contributed by atoms with Crippen molar-refractivity contribution in [3.63, 3.8) is 0 Å². The Hall–Kier alpha value is -2.77. The molecule has 1 aromatic carbocycles. The maximum atomic E-state index is 13.3. The first-order valence-corrected chi connectivity index (χ1v) is 8.61. The smallest absolute Gasteiger partial charge is 0.348 e. The summed E-state index contributed by atoms with van der Waals surface area (Å²) < 4.78 is 51.7. The molecule has 1 amide bonds. The summed E-state index contributed by atoms with van der Waals surface area (Å²) in [7, 11) is 0. The van der Waals surface area contributed by atoms with E-state index in [1.165, 1.54) is 18.2 Å². The summed E-state index contributed by atoms with van der Waals surface area (Å²) in [5.41, 5.74) is -0.0286. The Labute approximate surface area is 160 Å². The van der Waals surface area contributed by atoms with E-state index >= 15 is 0 Å². The number of ketones is 1. The zero-order valence-corrected chi connectivity index (χ0v) is 15.7. The molecule has 0 fully saturated rings. The van der Waals surface area contributed by atoms with E-state index in [-0.39, 0.29) is 35.8 Å². The largest absolute Gasteiger partial charge is 0.419 e. The lowest BCUT2D eigenvalue weighted by atomic mass is 10.0. The van der Waals surface area contributed by atoms with Crippen LogP contribution in [0.4, 0.5) is 17.6 Å². The molecule has 8 heteroatoms. The lowest BCUT2D eigenvalue weighted by Gasteiger charge is -2.11. The highest BCUT2D eigenvalue weighted by molar-refractivity contribution is 5.94. The van der Waals surface area contributed by atoms with Crippen molar-refractivity contribution in [2.45, 2.75) is 39.9 Å². The lowest BCUT2D eigenvalue weighted by Crippen LogP contribution is -2.24. The number of amides is 1. The lowest BCUT2D eigenvalue weighted by molar-refractivity contribution is -0.140. The van der Waals surface area contributed by atoms with Crippen LogP contribution in [0, 0.1) is 18.7 Å². The third-order valence-electron chi connectivity index (χ3n) is 4.06. The molecule has 0 atom stereocenters. The van der Waals surface area contributed by atoms with E-state index in [0.717, 1.165) is 6.07 Å². The van der Waals surface area contributed by atoms with E-state index in [1.807, 2.05) is 0 Å². The number of hydrogen-bond donors (Lipinski definition) is 1. The van der Waals surface area contributed by atoms with Crippen LogP contribution in [0.5, 0.6) is 0 Å². The Balaban J connectivity index is 2.13. The van der Waals surface area contributed by atoms with Gasteiger partial charge in [-0.15, -0.1) is 0 Å². The van der Waals surface area contributed by atoms with Crippen LogP contribution >= 0.6 is 0 Å². The minimum atomic E-state index is -4.82. The summed E-state index contributed by atoms with van der Waals surface area (Å²) in [6.45, 7) is 5.01. The molecule has 0 spiro atoms. The standard InChI is InChI=1S/C20H20F4N2O2/c1-11(2)18(27)9-15-8-14(6-12(3)26-15)19(28)25-10-13-4-5-17(21)16(7-13)20(22,23)24/h4-8,11H,9-10H2,1-3H3,(H,25,28). The molecule has 1 heterocycles. The van der Waals surface area contributed by atoms with Crippen molar-refractivity contribution >= 4 is 11.7 Å². The number of aryl methyl sites for hydroxylation is 1. The zero-order chi connectivity index (χ0) is 21.1. The Morgan fingerprint density at radius 3 is 2.43 bits per heavy atom. The molecule has 4 nitrogen and oxygen atoms in total. The van der Waals surface area contributed by atoms with E-state index in [0.29, 0.717) is 17.5 Å². The second-order valence-electron chi connectivity index (χ2n) is 6.78. The maximum absolute atomic E-state index is 13.3. The maximum Gasteiger partial charge on any atom is 0.419 e. The molecule has 1 aromatic heterocycles. The molecule has 28 heavy (non-hydrogen) atoms. The molecular formula is C20H20F4N2O2. The van der Waals surface area contributed by atoms with Gasteiger partial charge in [0.1, 0.15) is 11.6 Å². The van der Waals surface area contributed by atoms with Gasteiger partial charge in [-0.3, -0.25) is 14.6 Å². The van der Waals surface area contributed by atoms with Crippen LogP contribution in [-0.2, 0) is 23.9 Å². The van der Waals surface area contributed by atoms with Crippen LogP contribution in [0.15, 0.2) is 30.3 Å². The van der Waals surface area contributed by atoms with Gasteiger partial charge in [-0.25, -0.2) is 4.39 Å². The van der Waals surface area contributed by atoms with Gasteiger partial charge in [0.15, 0.2) is 0 Å². The van der Waals surface area contributed by atoms with Gasteiger partial charge in [0.05, 0.1) is 5.56 Å². The van der Waals surface area contributed by atoms with E-state index in [9.17, 15) is 27.2 Å². The van der Waals surface area contributed by atoms with Gasteiger partial charge in [0, 0.05) is 35.8 Å². The first kappa shape index (κ1) is 21.5. The van der Waals surface area contributed by atoms with Crippen molar-refractivity contribution in [3.05, 3.63) is 64.2 Å². The van der Waals surface area contributed by atoms with Crippen LogP contribution in [0.1, 0.15) is 46.7 Å². The Morgan fingerprint density at radius 1 is 1.14 bits per heavy atom. The normalized spacial score (nSPS) is 11.6. The number of carbonyl (C=O) groups excluding carboxylic acids is 2. The molecule has 0 aliphatic carbocycles. The fourth-order valence-corrected chi connectivity index (χ4v) is 2.53. The highest BCUT2D eigenvalue weighted by atomic mass is 19.4. The molecule has 0 aliphatic rings. The van der Waals surface area contributed by atoms with Gasteiger partial charge in [-0.1, -0.05) is 19.9 Å². The quantitative estimate of drug-likeness (QED) is 0.743. The number of nitrogens with zero attached hydrogens (tertiary/aromatic N) is 1.